The average Bonchev–Trinajstić information content (AvgIpc) is 3.21. The van der Waals surface area contributed by atoms with E-state index >= 15 is 0 Å². The number of nitrogens with one attached hydrogen (secondary N) is 2. The van der Waals surface area contributed by atoms with Crippen LogP contribution in [0.3, 0.4) is 0 Å². The fraction of sp³-hybridized carbons (Fsp3) is 0.211. The van der Waals surface area contributed by atoms with Crippen molar-refractivity contribution in [1.29, 1.82) is 0 Å². The first-order valence-corrected chi connectivity index (χ1v) is 8.59. The Morgan fingerprint density at radius 2 is 1.90 bits per heavy atom. The monoisotopic (exact) mass is 407 g/mol. The van der Waals surface area contributed by atoms with E-state index in [4.69, 9.17) is 0 Å². The number of hydrogen-bond donors (Lipinski definition) is 2. The minimum absolute atomic E-state index is 0.223. The summed E-state index contributed by atoms with van der Waals surface area (Å²) >= 11 is 0. The lowest BCUT2D eigenvalue weighted by Gasteiger charge is -2.17. The van der Waals surface area contributed by atoms with Gasteiger partial charge in [-0.15, -0.1) is 0 Å². The van der Waals surface area contributed by atoms with Crippen LogP contribution in [0.2, 0.25) is 0 Å². The van der Waals surface area contributed by atoms with E-state index in [1.807, 2.05) is 0 Å². The number of rotatable bonds is 5. The number of hydrogen-bond acceptors (Lipinski definition) is 3. The van der Waals surface area contributed by atoms with Gasteiger partial charge in [-0.2, -0.15) is 18.3 Å². The smallest absolute Gasteiger partial charge is 0.334 e. The Labute approximate surface area is 163 Å². The molecule has 0 aliphatic rings. The highest BCUT2D eigenvalue weighted by molar-refractivity contribution is 5.74. The minimum atomic E-state index is -4.71. The number of carbonyl (C=O) groups is 1. The summed E-state index contributed by atoms with van der Waals surface area (Å²) in [6.45, 7) is 1.35. The Morgan fingerprint density at radius 3 is 2.52 bits per heavy atom. The molecule has 6 nitrogen and oxygen atoms in total. The molecule has 0 radical (unpaired) electrons. The molecule has 3 rings (SSSR count). The number of alkyl halides is 3. The van der Waals surface area contributed by atoms with Gasteiger partial charge in [-0.05, 0) is 42.3 Å². The van der Waals surface area contributed by atoms with Gasteiger partial charge in [0.25, 0.3) is 0 Å². The van der Waals surface area contributed by atoms with Crippen LogP contribution in [0.25, 0.3) is 5.69 Å². The SMILES string of the molecule is CC(NC(=O)NCc1ccc(F)cc1C(F)(F)F)c1ccc(-n2cncn2)cc1. The van der Waals surface area contributed by atoms with Crippen LogP contribution in [0, 0.1) is 5.82 Å². The molecule has 1 unspecified atom stereocenters. The zero-order chi connectivity index (χ0) is 21.0. The van der Waals surface area contributed by atoms with Gasteiger partial charge < -0.3 is 10.6 Å². The van der Waals surface area contributed by atoms with E-state index in [0.29, 0.717) is 6.07 Å². The molecule has 0 bridgehead atoms. The second-order valence-corrected chi connectivity index (χ2v) is 6.28. The van der Waals surface area contributed by atoms with Crippen molar-refractivity contribution in [2.24, 2.45) is 0 Å². The maximum atomic E-state index is 13.1. The van der Waals surface area contributed by atoms with Crippen molar-refractivity contribution in [3.63, 3.8) is 0 Å². The van der Waals surface area contributed by atoms with Gasteiger partial charge in [0.15, 0.2) is 0 Å². The van der Waals surface area contributed by atoms with Gasteiger partial charge in [0.1, 0.15) is 18.5 Å². The Hall–Kier alpha value is -3.43. The van der Waals surface area contributed by atoms with E-state index in [9.17, 15) is 22.4 Å². The Kier molecular flexibility index (Phi) is 5.81. The third-order valence-corrected chi connectivity index (χ3v) is 4.24. The first-order chi connectivity index (χ1) is 13.7. The molecule has 0 spiro atoms. The van der Waals surface area contributed by atoms with E-state index in [1.54, 1.807) is 42.2 Å². The Bertz CT molecular complexity index is 971. The summed E-state index contributed by atoms with van der Waals surface area (Å²) < 4.78 is 53.8. The molecule has 1 aromatic heterocycles. The Morgan fingerprint density at radius 1 is 1.17 bits per heavy atom. The van der Waals surface area contributed by atoms with Crippen molar-refractivity contribution >= 4 is 6.03 Å². The van der Waals surface area contributed by atoms with Crippen molar-refractivity contribution < 1.29 is 22.4 Å². The second-order valence-electron chi connectivity index (χ2n) is 6.28. The van der Waals surface area contributed by atoms with Crippen molar-refractivity contribution in [1.82, 2.24) is 25.4 Å². The second kappa shape index (κ2) is 8.29. The molecule has 2 aromatic carbocycles. The standard InChI is InChI=1S/C19H17F4N5O/c1-12(13-3-6-16(7-4-13)28-11-24-10-26-28)27-18(29)25-9-14-2-5-15(20)8-17(14)19(21,22)23/h2-8,10-12H,9H2,1H3,(H2,25,27,29). The number of aromatic nitrogens is 3. The van der Waals surface area contributed by atoms with Gasteiger partial charge in [-0.25, -0.2) is 18.9 Å². The van der Waals surface area contributed by atoms with E-state index in [-0.39, 0.29) is 12.1 Å². The van der Waals surface area contributed by atoms with Gasteiger partial charge in [0.2, 0.25) is 0 Å². The number of halogens is 4. The van der Waals surface area contributed by atoms with E-state index in [0.717, 1.165) is 23.4 Å². The van der Waals surface area contributed by atoms with Gasteiger partial charge in [0, 0.05) is 6.54 Å². The Balaban J connectivity index is 1.60. The summed E-state index contributed by atoms with van der Waals surface area (Å²) in [6, 6.07) is 8.49. The maximum Gasteiger partial charge on any atom is 0.416 e. The quantitative estimate of drug-likeness (QED) is 0.629. The van der Waals surface area contributed by atoms with E-state index < -0.39 is 29.6 Å². The number of benzene rings is 2. The van der Waals surface area contributed by atoms with Crippen LogP contribution in [0.5, 0.6) is 0 Å². The summed E-state index contributed by atoms with van der Waals surface area (Å²) in [5.74, 6) is -0.992. The predicted molar refractivity (Wildman–Crippen MR) is 96.5 cm³/mol. The molecule has 0 aliphatic carbocycles. The fourth-order valence-corrected chi connectivity index (χ4v) is 2.73. The molecule has 0 aliphatic heterocycles. The largest absolute Gasteiger partial charge is 0.416 e. The molecule has 1 atom stereocenters. The average molecular weight is 407 g/mol. The molecule has 0 saturated heterocycles. The topological polar surface area (TPSA) is 71.8 Å². The zero-order valence-electron chi connectivity index (χ0n) is 15.2. The number of urea groups is 1. The minimum Gasteiger partial charge on any atom is -0.334 e. The molecule has 0 saturated carbocycles. The van der Waals surface area contributed by atoms with E-state index in [2.05, 4.69) is 20.7 Å². The van der Waals surface area contributed by atoms with Crippen molar-refractivity contribution in [3.8, 4) is 5.69 Å². The van der Waals surface area contributed by atoms with Crippen molar-refractivity contribution in [3.05, 3.63) is 77.6 Å². The third kappa shape index (κ3) is 5.09. The molecule has 3 aromatic rings. The van der Waals surface area contributed by atoms with Crippen LogP contribution in [-0.4, -0.2) is 20.8 Å². The van der Waals surface area contributed by atoms with E-state index in [1.165, 1.54) is 6.33 Å². The first kappa shape index (κ1) is 20.3. The third-order valence-electron chi connectivity index (χ3n) is 4.24. The highest BCUT2D eigenvalue weighted by atomic mass is 19.4. The summed E-state index contributed by atoms with van der Waals surface area (Å²) in [5, 5.41) is 9.04. The number of carbonyl (C=O) groups excluding carboxylic acids is 1. The lowest BCUT2D eigenvalue weighted by molar-refractivity contribution is -0.138. The maximum absolute atomic E-state index is 13.1. The summed E-state index contributed by atoms with van der Waals surface area (Å²) in [6.07, 6.45) is -1.75. The highest BCUT2D eigenvalue weighted by Crippen LogP contribution is 2.32. The van der Waals surface area contributed by atoms with Gasteiger partial charge in [-0.3, -0.25) is 0 Å². The molecule has 2 amide bonds. The van der Waals surface area contributed by atoms with Crippen LogP contribution >= 0.6 is 0 Å². The van der Waals surface area contributed by atoms with Crippen molar-refractivity contribution in [2.45, 2.75) is 25.7 Å². The molecule has 0 fully saturated rings. The van der Waals surface area contributed by atoms with Crippen LogP contribution in [0.4, 0.5) is 22.4 Å². The number of amides is 2. The molecule has 10 heteroatoms. The zero-order valence-corrected chi connectivity index (χ0v) is 15.2. The lowest BCUT2D eigenvalue weighted by Crippen LogP contribution is -2.37. The normalized spacial score (nSPS) is 12.4. The molecular weight excluding hydrogens is 390 g/mol. The van der Waals surface area contributed by atoms with Crippen LogP contribution in [0.15, 0.2) is 55.1 Å². The summed E-state index contributed by atoms with van der Waals surface area (Å²) in [7, 11) is 0. The number of nitrogens with zero attached hydrogens (tertiary/aromatic N) is 3. The molecule has 1 heterocycles. The lowest BCUT2D eigenvalue weighted by atomic mass is 10.1. The van der Waals surface area contributed by atoms with Gasteiger partial charge in [0.05, 0.1) is 17.3 Å². The summed E-state index contributed by atoms with van der Waals surface area (Å²) in [5.41, 5.74) is 0.245. The fourth-order valence-electron chi connectivity index (χ4n) is 2.73. The highest BCUT2D eigenvalue weighted by Gasteiger charge is 2.33. The molecule has 2 N–H and O–H groups in total. The van der Waals surface area contributed by atoms with Gasteiger partial charge in [-0.1, -0.05) is 18.2 Å². The van der Waals surface area contributed by atoms with Crippen molar-refractivity contribution in [2.75, 3.05) is 0 Å². The summed E-state index contributed by atoms with van der Waals surface area (Å²) in [4.78, 5) is 15.9. The van der Waals surface area contributed by atoms with Gasteiger partial charge >= 0.3 is 12.2 Å². The van der Waals surface area contributed by atoms with Crippen LogP contribution in [0.1, 0.15) is 29.7 Å². The molecule has 152 valence electrons. The molecule has 29 heavy (non-hydrogen) atoms. The van der Waals surface area contributed by atoms with Crippen LogP contribution in [-0.2, 0) is 12.7 Å². The first-order valence-electron chi connectivity index (χ1n) is 8.59. The predicted octanol–water partition coefficient (Wildman–Crippen LogP) is 3.99. The molecular formula is C19H17F4N5O. The van der Waals surface area contributed by atoms with Crippen LogP contribution < -0.4 is 10.6 Å².